The number of nitrogens with zero attached hydrogens (tertiary/aromatic N) is 3. The van der Waals surface area contributed by atoms with E-state index in [1.807, 2.05) is 13.8 Å². The second kappa shape index (κ2) is 5.05. The maximum atomic E-state index is 10.8. The fraction of sp³-hybridized carbons (Fsp3) is 1.00. The summed E-state index contributed by atoms with van der Waals surface area (Å²) in [5.41, 5.74) is 7.87. The monoisotopic (exact) mass is 255 g/mol. The molecule has 0 aromatic rings. The maximum Gasteiger partial charge on any atom is 0.182 e. The van der Waals surface area contributed by atoms with Crippen LogP contribution in [0.25, 0.3) is 10.4 Å². The second-order valence-corrected chi connectivity index (χ2v) is 5.09. The van der Waals surface area contributed by atoms with E-state index in [4.69, 9.17) is 15.0 Å². The largest absolute Gasteiger partial charge is 0.365 e. The Morgan fingerprint density at radius 1 is 1.33 bits per heavy atom. The van der Waals surface area contributed by atoms with Crippen molar-refractivity contribution >= 4 is 0 Å². The van der Waals surface area contributed by atoms with E-state index in [1.165, 1.54) is 0 Å². The maximum absolute atomic E-state index is 10.8. The van der Waals surface area contributed by atoms with Crippen molar-refractivity contribution in [1.29, 1.82) is 0 Å². The predicted molar refractivity (Wildman–Crippen MR) is 65.6 cm³/mol. The highest BCUT2D eigenvalue weighted by molar-refractivity contribution is 5.10. The Hall–Kier alpha value is -0.810. The van der Waals surface area contributed by atoms with E-state index >= 15 is 0 Å². The minimum atomic E-state index is -1.38. The minimum Gasteiger partial charge on any atom is -0.365 e. The average Bonchev–Trinajstić information content (AvgIpc) is 2.37. The first kappa shape index (κ1) is 13.6. The Balaban J connectivity index is 2.41. The van der Waals surface area contributed by atoms with E-state index < -0.39 is 17.6 Å². The van der Waals surface area contributed by atoms with Crippen LogP contribution in [0.15, 0.2) is 5.11 Å². The van der Waals surface area contributed by atoms with Crippen LogP contribution < -0.4 is 0 Å². The lowest BCUT2D eigenvalue weighted by Crippen LogP contribution is -2.68. The molecule has 6 nitrogen and oxygen atoms in total. The van der Waals surface area contributed by atoms with Crippen LogP contribution in [-0.2, 0) is 9.47 Å². The smallest absolute Gasteiger partial charge is 0.182 e. The molecule has 0 bridgehead atoms. The van der Waals surface area contributed by atoms with Crippen molar-refractivity contribution in [2.75, 3.05) is 0 Å². The topological polar surface area (TPSA) is 87.5 Å². The van der Waals surface area contributed by atoms with Crippen LogP contribution in [0.1, 0.15) is 52.4 Å². The van der Waals surface area contributed by atoms with Gasteiger partial charge in [0.25, 0.3) is 0 Å². The van der Waals surface area contributed by atoms with Gasteiger partial charge in [-0.05, 0) is 31.2 Å². The lowest BCUT2D eigenvalue weighted by molar-refractivity contribution is -0.392. The molecule has 2 aliphatic rings. The minimum absolute atomic E-state index is 0.280. The zero-order valence-electron chi connectivity index (χ0n) is 11.0. The van der Waals surface area contributed by atoms with Gasteiger partial charge >= 0.3 is 0 Å². The highest BCUT2D eigenvalue weighted by atomic mass is 16.8. The van der Waals surface area contributed by atoms with E-state index in [9.17, 15) is 5.11 Å². The second-order valence-electron chi connectivity index (χ2n) is 5.09. The number of rotatable bonds is 3. The first-order valence-corrected chi connectivity index (χ1v) is 6.73. The molecule has 1 saturated carbocycles. The number of azide groups is 1. The summed E-state index contributed by atoms with van der Waals surface area (Å²) in [7, 11) is 0. The molecule has 0 spiro atoms. The summed E-state index contributed by atoms with van der Waals surface area (Å²) in [5.74, 6) is -1.38. The van der Waals surface area contributed by atoms with Gasteiger partial charge in [0.05, 0.1) is 6.10 Å². The van der Waals surface area contributed by atoms with Gasteiger partial charge in [-0.15, -0.1) is 0 Å². The third kappa shape index (κ3) is 1.89. The number of hydrogen-bond acceptors (Lipinski definition) is 4. The summed E-state index contributed by atoms with van der Waals surface area (Å²) < 4.78 is 11.5. The van der Waals surface area contributed by atoms with E-state index in [0.29, 0.717) is 25.7 Å². The number of aliphatic hydroxyl groups is 1. The molecule has 2 rings (SSSR count). The van der Waals surface area contributed by atoms with Gasteiger partial charge in [0.1, 0.15) is 5.54 Å². The van der Waals surface area contributed by atoms with Gasteiger partial charge in [0, 0.05) is 11.3 Å². The summed E-state index contributed by atoms with van der Waals surface area (Å²) in [4.78, 5) is 2.93. The molecule has 1 N–H and O–H groups in total. The van der Waals surface area contributed by atoms with Crippen molar-refractivity contribution in [2.45, 2.75) is 76.1 Å². The molecule has 6 heteroatoms. The van der Waals surface area contributed by atoms with Gasteiger partial charge in [-0.1, -0.05) is 25.4 Å². The van der Waals surface area contributed by atoms with Gasteiger partial charge in [0.15, 0.2) is 12.1 Å². The van der Waals surface area contributed by atoms with Gasteiger partial charge in [-0.3, -0.25) is 0 Å². The Morgan fingerprint density at radius 2 is 2.06 bits per heavy atom. The first-order chi connectivity index (χ1) is 8.62. The molecule has 2 fully saturated rings. The molecule has 1 aliphatic heterocycles. The molecule has 0 amide bonds. The zero-order chi connectivity index (χ0) is 13.2. The normalized spacial score (nSPS) is 43.9. The highest BCUT2D eigenvalue weighted by Crippen LogP contribution is 2.49. The zero-order valence-corrected chi connectivity index (χ0v) is 11.0. The summed E-state index contributed by atoms with van der Waals surface area (Å²) in [6.07, 6.45) is 3.59. The summed E-state index contributed by atoms with van der Waals surface area (Å²) in [6.45, 7) is 3.93. The van der Waals surface area contributed by atoms with Crippen molar-refractivity contribution in [3.63, 3.8) is 0 Å². The van der Waals surface area contributed by atoms with Gasteiger partial charge in [-0.25, -0.2) is 0 Å². The van der Waals surface area contributed by atoms with Gasteiger partial charge in [-0.2, -0.15) is 0 Å². The van der Waals surface area contributed by atoms with Crippen LogP contribution in [0, 0.1) is 0 Å². The number of fused-ring (bicyclic) bond motifs is 1. The van der Waals surface area contributed by atoms with Crippen molar-refractivity contribution in [3.8, 4) is 0 Å². The molecule has 1 heterocycles. The van der Waals surface area contributed by atoms with Crippen molar-refractivity contribution in [3.05, 3.63) is 10.4 Å². The lowest BCUT2D eigenvalue weighted by atomic mass is 9.71. The average molecular weight is 255 g/mol. The van der Waals surface area contributed by atoms with E-state index in [-0.39, 0.29) is 6.10 Å². The summed E-state index contributed by atoms with van der Waals surface area (Å²) in [6, 6.07) is 0. The number of ether oxygens (including phenoxy) is 2. The Morgan fingerprint density at radius 3 is 2.67 bits per heavy atom. The van der Waals surface area contributed by atoms with Crippen LogP contribution in [0.2, 0.25) is 0 Å². The van der Waals surface area contributed by atoms with Gasteiger partial charge < -0.3 is 14.6 Å². The van der Waals surface area contributed by atoms with Crippen molar-refractivity contribution < 1.29 is 14.6 Å². The molecule has 102 valence electrons. The van der Waals surface area contributed by atoms with E-state index in [0.717, 1.165) is 12.8 Å². The van der Waals surface area contributed by atoms with Crippen LogP contribution in [0.4, 0.5) is 0 Å². The molecular formula is C12H21N3O3. The fourth-order valence-corrected chi connectivity index (χ4v) is 3.17. The van der Waals surface area contributed by atoms with Crippen molar-refractivity contribution in [2.24, 2.45) is 5.11 Å². The molecule has 0 unspecified atom stereocenters. The summed E-state index contributed by atoms with van der Waals surface area (Å²) >= 11 is 0. The highest BCUT2D eigenvalue weighted by Gasteiger charge is 2.61. The Labute approximate surface area is 107 Å². The quantitative estimate of drug-likeness (QED) is 0.478. The third-order valence-corrected chi connectivity index (χ3v) is 4.10. The fourth-order valence-electron chi connectivity index (χ4n) is 3.17. The van der Waals surface area contributed by atoms with Crippen LogP contribution >= 0.6 is 0 Å². The summed E-state index contributed by atoms with van der Waals surface area (Å²) in [5, 5.41) is 14.7. The van der Waals surface area contributed by atoms with Crippen LogP contribution in [0.3, 0.4) is 0 Å². The van der Waals surface area contributed by atoms with E-state index in [2.05, 4.69) is 10.0 Å². The van der Waals surface area contributed by atoms with Gasteiger partial charge in [0.2, 0.25) is 0 Å². The molecule has 4 atom stereocenters. The molecular weight excluding hydrogens is 234 g/mol. The Bertz CT molecular complexity index is 358. The standard InChI is InChI=1S/C12H21N3O3/c1-3-9-11(14-15-13)7-5-6-8-12(11,16)18-10(4-2)17-9/h9-10,16H,3-8H2,1-2H3/t9-,10-,11-,12+/m1/s1. The van der Waals surface area contributed by atoms with Crippen LogP contribution in [0.5, 0.6) is 0 Å². The molecule has 0 radical (unpaired) electrons. The molecule has 0 aromatic heterocycles. The first-order valence-electron chi connectivity index (χ1n) is 6.73. The molecule has 18 heavy (non-hydrogen) atoms. The molecule has 0 aromatic carbocycles. The molecule has 1 aliphatic carbocycles. The SMILES string of the molecule is CC[C@@H]1O[C@H](CC)[C@]2(N=[N+]=[N-])CCCC[C@]2(O)O1. The van der Waals surface area contributed by atoms with E-state index in [1.54, 1.807) is 0 Å². The predicted octanol–water partition coefficient (Wildman–Crippen LogP) is 2.86. The Kier molecular flexibility index (Phi) is 3.82. The molecule has 1 saturated heterocycles. The van der Waals surface area contributed by atoms with Crippen molar-refractivity contribution in [1.82, 2.24) is 0 Å². The third-order valence-electron chi connectivity index (χ3n) is 4.10. The van der Waals surface area contributed by atoms with Crippen LogP contribution in [-0.4, -0.2) is 28.8 Å². The lowest BCUT2D eigenvalue weighted by Gasteiger charge is -2.55. The number of hydrogen-bond donors (Lipinski definition) is 1.